The number of aromatic nitrogens is 1. The first-order valence-corrected chi connectivity index (χ1v) is 9.34. The van der Waals surface area contributed by atoms with Crippen LogP contribution in [0.1, 0.15) is 31.8 Å². The zero-order valence-corrected chi connectivity index (χ0v) is 16.3. The molecule has 0 unspecified atom stereocenters. The summed E-state index contributed by atoms with van der Waals surface area (Å²) in [7, 11) is 0. The molecule has 1 amide bonds. The van der Waals surface area contributed by atoms with E-state index < -0.39 is 0 Å². The second-order valence-electron chi connectivity index (χ2n) is 7.10. The van der Waals surface area contributed by atoms with Crippen LogP contribution in [0, 0.1) is 13.8 Å². The fourth-order valence-corrected chi connectivity index (χ4v) is 3.37. The first-order chi connectivity index (χ1) is 14.0. The van der Waals surface area contributed by atoms with E-state index in [0.717, 1.165) is 11.1 Å². The number of hydrogen-bond donors (Lipinski definition) is 2. The van der Waals surface area contributed by atoms with Crippen molar-refractivity contribution in [2.45, 2.75) is 13.8 Å². The van der Waals surface area contributed by atoms with Crippen molar-refractivity contribution in [3.05, 3.63) is 95.1 Å². The molecule has 0 aliphatic carbocycles. The first kappa shape index (κ1) is 18.5. The van der Waals surface area contributed by atoms with Crippen LogP contribution in [0.3, 0.4) is 0 Å². The molecular formula is C24H21N3O2. The van der Waals surface area contributed by atoms with E-state index in [-0.39, 0.29) is 17.6 Å². The maximum Gasteiger partial charge on any atom is 0.263 e. The third kappa shape index (κ3) is 3.38. The molecule has 1 aromatic heterocycles. The van der Waals surface area contributed by atoms with Crippen molar-refractivity contribution >= 4 is 34.2 Å². The second-order valence-corrected chi connectivity index (χ2v) is 7.10. The van der Waals surface area contributed by atoms with E-state index in [4.69, 9.17) is 5.73 Å². The smallest absolute Gasteiger partial charge is 0.263 e. The van der Waals surface area contributed by atoms with Gasteiger partial charge in [0.15, 0.2) is 0 Å². The predicted molar refractivity (Wildman–Crippen MR) is 116 cm³/mol. The number of nitrogens with one attached hydrogen (secondary N) is 1. The summed E-state index contributed by atoms with van der Waals surface area (Å²) in [5, 5.41) is 3.51. The number of benzene rings is 3. The first-order valence-electron chi connectivity index (χ1n) is 9.34. The summed E-state index contributed by atoms with van der Waals surface area (Å²) in [5.41, 5.74) is 10.6. The minimum atomic E-state index is -0.349. The van der Waals surface area contributed by atoms with Crippen molar-refractivity contribution in [1.29, 1.82) is 0 Å². The molecule has 0 fully saturated rings. The summed E-state index contributed by atoms with van der Waals surface area (Å²) in [5.74, 6) is -0.493. The average Bonchev–Trinajstić information content (AvgIpc) is 3.01. The minimum absolute atomic E-state index is 0.126. The third-order valence-electron chi connectivity index (χ3n) is 4.95. The van der Waals surface area contributed by atoms with E-state index in [1.54, 1.807) is 24.3 Å². The highest BCUT2D eigenvalue weighted by molar-refractivity contribution is 6.19. The lowest BCUT2D eigenvalue weighted by Gasteiger charge is -2.08. The number of nitrogens with two attached hydrogens (primary N) is 1. The van der Waals surface area contributed by atoms with E-state index in [9.17, 15) is 9.59 Å². The molecular weight excluding hydrogens is 362 g/mol. The van der Waals surface area contributed by atoms with E-state index in [1.165, 1.54) is 4.57 Å². The Morgan fingerprint density at radius 3 is 2.07 bits per heavy atom. The molecule has 29 heavy (non-hydrogen) atoms. The highest BCUT2D eigenvalue weighted by atomic mass is 16.2. The van der Waals surface area contributed by atoms with Crippen molar-refractivity contribution in [1.82, 2.24) is 4.57 Å². The summed E-state index contributed by atoms with van der Waals surface area (Å²) in [4.78, 5) is 26.2. The summed E-state index contributed by atoms with van der Waals surface area (Å²) < 4.78 is 1.41. The Hall–Kier alpha value is -3.86. The number of amides is 1. The molecule has 0 atom stereocenters. The molecule has 0 saturated heterocycles. The molecule has 144 valence electrons. The van der Waals surface area contributed by atoms with E-state index >= 15 is 0 Å². The Kier molecular flexibility index (Phi) is 4.64. The molecule has 5 nitrogen and oxygen atoms in total. The summed E-state index contributed by atoms with van der Waals surface area (Å²) in [6, 6.07) is 22.0. The fourth-order valence-electron chi connectivity index (χ4n) is 3.37. The molecule has 3 aromatic carbocycles. The van der Waals surface area contributed by atoms with Crippen LogP contribution in [-0.2, 0) is 0 Å². The third-order valence-corrected chi connectivity index (χ3v) is 4.95. The van der Waals surface area contributed by atoms with Crippen LogP contribution in [0.15, 0.2) is 72.8 Å². The van der Waals surface area contributed by atoms with Crippen LogP contribution in [-0.4, -0.2) is 16.4 Å². The zero-order valence-electron chi connectivity index (χ0n) is 16.3. The van der Waals surface area contributed by atoms with Crippen molar-refractivity contribution in [3.63, 3.8) is 0 Å². The number of rotatable bonds is 3. The van der Waals surface area contributed by atoms with Crippen molar-refractivity contribution in [2.24, 2.45) is 0 Å². The van der Waals surface area contributed by atoms with Crippen molar-refractivity contribution in [3.8, 4) is 0 Å². The van der Waals surface area contributed by atoms with E-state index in [1.807, 2.05) is 62.4 Å². The van der Waals surface area contributed by atoms with Gasteiger partial charge in [-0.15, -0.1) is 0 Å². The Labute approximate surface area is 168 Å². The summed E-state index contributed by atoms with van der Waals surface area (Å²) in [6.45, 7) is 3.94. The van der Waals surface area contributed by atoms with E-state index in [0.29, 0.717) is 27.7 Å². The van der Waals surface area contributed by atoms with Gasteiger partial charge in [0.25, 0.3) is 11.8 Å². The van der Waals surface area contributed by atoms with Crippen LogP contribution in [0.2, 0.25) is 0 Å². The summed E-state index contributed by atoms with van der Waals surface area (Å²) in [6.07, 6.45) is 0. The lowest BCUT2D eigenvalue weighted by Crippen LogP contribution is -2.18. The van der Waals surface area contributed by atoms with Crippen LogP contribution >= 0.6 is 0 Å². The van der Waals surface area contributed by atoms with Gasteiger partial charge in [-0.05, 0) is 44.2 Å². The van der Waals surface area contributed by atoms with Crippen LogP contribution < -0.4 is 11.1 Å². The monoisotopic (exact) mass is 383 g/mol. The molecule has 1 heterocycles. The van der Waals surface area contributed by atoms with Crippen LogP contribution in [0.4, 0.5) is 11.5 Å². The molecule has 0 spiro atoms. The van der Waals surface area contributed by atoms with Gasteiger partial charge in [-0.1, -0.05) is 53.6 Å². The number of anilines is 2. The Bertz CT molecular complexity index is 1220. The fraction of sp³-hybridized carbons (Fsp3) is 0.0833. The molecule has 0 saturated carbocycles. The highest BCUT2D eigenvalue weighted by Crippen LogP contribution is 2.30. The second kappa shape index (κ2) is 7.28. The van der Waals surface area contributed by atoms with Gasteiger partial charge in [-0.3, -0.25) is 14.2 Å². The topological polar surface area (TPSA) is 77.1 Å². The zero-order chi connectivity index (χ0) is 20.5. The largest absolute Gasteiger partial charge is 0.384 e. The quantitative estimate of drug-likeness (QED) is 0.534. The molecule has 3 N–H and O–H groups in total. The molecule has 0 aliphatic rings. The number of carbonyl (C=O) groups excluding carboxylic acids is 2. The van der Waals surface area contributed by atoms with Gasteiger partial charge in [0.05, 0.1) is 11.1 Å². The van der Waals surface area contributed by atoms with Crippen molar-refractivity contribution in [2.75, 3.05) is 11.1 Å². The SMILES string of the molecule is Cc1ccc(NC(=O)c2c(N)n(C(=O)c3ccc(C)cc3)c3ccccc23)cc1. The minimum Gasteiger partial charge on any atom is -0.384 e. The molecule has 0 radical (unpaired) electrons. The summed E-state index contributed by atoms with van der Waals surface area (Å²) >= 11 is 0. The van der Waals surface area contributed by atoms with Crippen LogP contribution in [0.5, 0.6) is 0 Å². The maximum absolute atomic E-state index is 13.2. The van der Waals surface area contributed by atoms with Gasteiger partial charge in [0.1, 0.15) is 5.82 Å². The highest BCUT2D eigenvalue weighted by Gasteiger charge is 2.24. The number of hydrogen-bond acceptors (Lipinski definition) is 3. The number of carbonyl (C=O) groups is 2. The number of aryl methyl sites for hydroxylation is 2. The number of nitrogens with zero attached hydrogens (tertiary/aromatic N) is 1. The normalized spacial score (nSPS) is 10.8. The Morgan fingerprint density at radius 1 is 0.828 bits per heavy atom. The van der Waals surface area contributed by atoms with Gasteiger partial charge < -0.3 is 11.1 Å². The maximum atomic E-state index is 13.2. The Balaban J connectivity index is 1.80. The molecule has 4 aromatic rings. The predicted octanol–water partition coefficient (Wildman–Crippen LogP) is 4.78. The Morgan fingerprint density at radius 2 is 1.41 bits per heavy atom. The van der Waals surface area contributed by atoms with Crippen molar-refractivity contribution < 1.29 is 9.59 Å². The van der Waals surface area contributed by atoms with Gasteiger partial charge in [0.2, 0.25) is 0 Å². The molecule has 0 bridgehead atoms. The molecule has 4 rings (SSSR count). The molecule has 0 aliphatic heterocycles. The van der Waals surface area contributed by atoms with Gasteiger partial charge in [-0.25, -0.2) is 0 Å². The molecule has 5 heteroatoms. The van der Waals surface area contributed by atoms with Gasteiger partial charge in [-0.2, -0.15) is 0 Å². The lowest BCUT2D eigenvalue weighted by molar-refractivity contribution is 0.0967. The number of fused-ring (bicyclic) bond motifs is 1. The van der Waals surface area contributed by atoms with Gasteiger partial charge >= 0.3 is 0 Å². The average molecular weight is 383 g/mol. The lowest BCUT2D eigenvalue weighted by atomic mass is 10.1. The number of para-hydroxylation sites is 1. The van der Waals surface area contributed by atoms with Crippen LogP contribution in [0.25, 0.3) is 10.9 Å². The number of nitrogen functional groups attached to an aromatic ring is 1. The standard InChI is InChI=1S/C24H21N3O2/c1-15-7-11-17(12-8-15)24(29)27-20-6-4-3-5-19(20)21(22(27)25)23(28)26-18-13-9-16(2)10-14-18/h3-14H,25H2,1-2H3,(H,26,28). The van der Waals surface area contributed by atoms with E-state index in [2.05, 4.69) is 5.32 Å². The van der Waals surface area contributed by atoms with Gasteiger partial charge in [0, 0.05) is 16.6 Å².